The van der Waals surface area contributed by atoms with Gasteiger partial charge in [0.05, 0.1) is 11.0 Å². The summed E-state index contributed by atoms with van der Waals surface area (Å²) in [5.41, 5.74) is 0.0920. The third-order valence-electron chi connectivity index (χ3n) is 3.27. The fourth-order valence-electron chi connectivity index (χ4n) is 2.14. The number of thioether (sulfide) groups is 1. The average Bonchev–Trinajstić information content (AvgIpc) is 2.65. The Balaban J connectivity index is 2.25. The Bertz CT molecular complexity index is 409. The van der Waals surface area contributed by atoms with Crippen LogP contribution in [0.5, 0.6) is 0 Å². The van der Waals surface area contributed by atoms with E-state index in [1.165, 1.54) is 23.6 Å². The number of nitrogens with one attached hydrogen (secondary N) is 1. The van der Waals surface area contributed by atoms with Crippen molar-refractivity contribution in [3.63, 3.8) is 0 Å². The van der Waals surface area contributed by atoms with Gasteiger partial charge in [-0.05, 0) is 25.5 Å². The van der Waals surface area contributed by atoms with Gasteiger partial charge in [0.25, 0.3) is 0 Å². The molecule has 2 amide bonds. The summed E-state index contributed by atoms with van der Waals surface area (Å²) < 4.78 is 0. The third kappa shape index (κ3) is 4.74. The summed E-state index contributed by atoms with van der Waals surface area (Å²) in [5, 5.41) is 6.98. The van der Waals surface area contributed by atoms with Crippen LogP contribution in [-0.4, -0.2) is 45.8 Å². The molecule has 112 valence electrons. The molecule has 0 bridgehead atoms. The van der Waals surface area contributed by atoms with Crippen molar-refractivity contribution in [2.24, 2.45) is 0 Å². The van der Waals surface area contributed by atoms with E-state index in [0.717, 1.165) is 18.6 Å². The molecule has 1 saturated heterocycles. The van der Waals surface area contributed by atoms with E-state index in [-0.39, 0.29) is 28.6 Å². The van der Waals surface area contributed by atoms with E-state index in [1.807, 2.05) is 6.92 Å². The van der Waals surface area contributed by atoms with E-state index < -0.39 is 0 Å². The number of nitrogens with zero attached hydrogens (tertiary/aromatic N) is 1. The number of hydrogen-bond donors (Lipinski definition) is 1. The van der Waals surface area contributed by atoms with Gasteiger partial charge < -0.3 is 5.41 Å². The van der Waals surface area contributed by atoms with Gasteiger partial charge in [-0.3, -0.25) is 19.3 Å². The molecule has 0 aromatic carbocycles. The summed E-state index contributed by atoms with van der Waals surface area (Å²) >= 11 is 1.53. The lowest BCUT2D eigenvalue weighted by Crippen LogP contribution is -2.32. The van der Waals surface area contributed by atoms with Crippen molar-refractivity contribution >= 4 is 35.1 Å². The van der Waals surface area contributed by atoms with Crippen LogP contribution in [0.15, 0.2) is 0 Å². The van der Waals surface area contributed by atoms with Gasteiger partial charge in [0.1, 0.15) is 0 Å². The Morgan fingerprint density at radius 1 is 1.35 bits per heavy atom. The molecule has 1 fully saturated rings. The van der Waals surface area contributed by atoms with Crippen LogP contribution in [-0.2, 0) is 14.4 Å². The number of Topliss-reactive ketones (excluding diaryl/α,β-unsaturated/α-hetero) is 1. The van der Waals surface area contributed by atoms with Crippen LogP contribution in [0.2, 0.25) is 0 Å². The molecule has 0 spiro atoms. The molecule has 0 aromatic rings. The largest absolute Gasteiger partial charge is 0.302 e. The number of carbonyl (C=O) groups is 3. The van der Waals surface area contributed by atoms with Crippen molar-refractivity contribution in [2.45, 2.75) is 51.2 Å². The minimum Gasteiger partial charge on any atom is -0.302 e. The molecule has 1 N–H and O–H groups in total. The first-order valence-electron chi connectivity index (χ1n) is 7.01. The van der Waals surface area contributed by atoms with Gasteiger partial charge in [-0.2, -0.15) is 0 Å². The summed E-state index contributed by atoms with van der Waals surface area (Å²) in [6.07, 6.45) is 2.93. The monoisotopic (exact) mass is 298 g/mol. The van der Waals surface area contributed by atoms with Gasteiger partial charge in [-0.1, -0.05) is 13.3 Å². The zero-order valence-corrected chi connectivity index (χ0v) is 12.9. The van der Waals surface area contributed by atoms with Gasteiger partial charge in [0.15, 0.2) is 5.78 Å². The van der Waals surface area contributed by atoms with Crippen LogP contribution < -0.4 is 0 Å². The predicted molar refractivity (Wildman–Crippen MR) is 80.1 cm³/mol. The zero-order chi connectivity index (χ0) is 15.1. The first-order valence-corrected chi connectivity index (χ1v) is 8.06. The zero-order valence-electron chi connectivity index (χ0n) is 12.1. The smallest absolute Gasteiger partial charge is 0.242 e. The van der Waals surface area contributed by atoms with Crippen LogP contribution in [0.25, 0.3) is 0 Å². The fourth-order valence-corrected chi connectivity index (χ4v) is 3.07. The standard InChI is InChI=1S/C14H22N2O3S/c1-3-20-12-9-13(18)16(14(12)19)8-6-4-5-7-11(17)10(2)15/h12,15H,3-9H2,1-2H3. The molecular formula is C14H22N2O3S. The predicted octanol–water partition coefficient (Wildman–Crippen LogP) is 2.04. The van der Waals surface area contributed by atoms with Crippen LogP contribution in [0.4, 0.5) is 0 Å². The molecule has 1 rings (SSSR count). The second kappa shape index (κ2) is 8.19. The van der Waals surface area contributed by atoms with Gasteiger partial charge in [-0.15, -0.1) is 11.8 Å². The average molecular weight is 298 g/mol. The topological polar surface area (TPSA) is 78.3 Å². The number of rotatable bonds is 9. The highest BCUT2D eigenvalue weighted by molar-refractivity contribution is 8.00. The van der Waals surface area contributed by atoms with Crippen molar-refractivity contribution in [3.8, 4) is 0 Å². The fraction of sp³-hybridized carbons (Fsp3) is 0.714. The Hall–Kier alpha value is -1.17. The van der Waals surface area contributed by atoms with Crippen molar-refractivity contribution in [3.05, 3.63) is 0 Å². The lowest BCUT2D eigenvalue weighted by Gasteiger charge is -2.14. The molecular weight excluding hydrogens is 276 g/mol. The normalized spacial score (nSPS) is 18.7. The molecule has 1 unspecified atom stereocenters. The van der Waals surface area contributed by atoms with Crippen molar-refractivity contribution in [2.75, 3.05) is 12.3 Å². The van der Waals surface area contributed by atoms with Crippen LogP contribution in [0.1, 0.15) is 46.0 Å². The van der Waals surface area contributed by atoms with Crippen LogP contribution in [0.3, 0.4) is 0 Å². The number of ketones is 1. The summed E-state index contributed by atoms with van der Waals surface area (Å²) in [4.78, 5) is 36.3. The number of imide groups is 1. The third-order valence-corrected chi connectivity index (χ3v) is 4.38. The molecule has 1 aliphatic rings. The number of amides is 2. The molecule has 1 aliphatic heterocycles. The Morgan fingerprint density at radius 2 is 2.05 bits per heavy atom. The molecule has 1 atom stereocenters. The Labute approximate surface area is 124 Å². The molecule has 0 saturated carbocycles. The minimum absolute atomic E-state index is 0.0618. The van der Waals surface area contributed by atoms with Gasteiger partial charge in [-0.25, -0.2) is 0 Å². The van der Waals surface area contributed by atoms with E-state index in [1.54, 1.807) is 0 Å². The molecule has 20 heavy (non-hydrogen) atoms. The summed E-state index contributed by atoms with van der Waals surface area (Å²) in [6, 6.07) is 0. The minimum atomic E-state index is -0.199. The summed E-state index contributed by atoms with van der Waals surface area (Å²) in [6.45, 7) is 3.93. The van der Waals surface area contributed by atoms with E-state index >= 15 is 0 Å². The number of likely N-dealkylation sites (tertiary alicyclic amines) is 1. The van der Waals surface area contributed by atoms with E-state index in [0.29, 0.717) is 25.8 Å². The SMILES string of the molecule is CCSC1CC(=O)N(CCCCCC(=O)C(C)=N)C1=O. The molecule has 0 radical (unpaired) electrons. The van der Waals surface area contributed by atoms with Crippen molar-refractivity contribution in [1.29, 1.82) is 5.41 Å². The Morgan fingerprint density at radius 3 is 2.65 bits per heavy atom. The lowest BCUT2D eigenvalue weighted by atomic mass is 10.1. The molecule has 1 heterocycles. The van der Waals surface area contributed by atoms with E-state index in [4.69, 9.17) is 5.41 Å². The summed E-state index contributed by atoms with van der Waals surface area (Å²) in [5.74, 6) is 0.571. The quantitative estimate of drug-likeness (QED) is 0.401. The van der Waals surface area contributed by atoms with Gasteiger partial charge in [0, 0.05) is 19.4 Å². The van der Waals surface area contributed by atoms with Gasteiger partial charge in [0.2, 0.25) is 11.8 Å². The number of unbranched alkanes of at least 4 members (excludes halogenated alkanes) is 2. The maximum atomic E-state index is 12.0. The molecule has 0 aromatic heterocycles. The highest BCUT2D eigenvalue weighted by Gasteiger charge is 2.37. The molecule has 6 heteroatoms. The second-order valence-corrected chi connectivity index (χ2v) is 6.37. The van der Waals surface area contributed by atoms with Gasteiger partial charge >= 0.3 is 0 Å². The maximum Gasteiger partial charge on any atom is 0.242 e. The van der Waals surface area contributed by atoms with Crippen LogP contribution >= 0.6 is 11.8 Å². The molecule has 5 nitrogen and oxygen atoms in total. The lowest BCUT2D eigenvalue weighted by molar-refractivity contribution is -0.138. The first-order chi connectivity index (χ1) is 9.47. The van der Waals surface area contributed by atoms with Crippen molar-refractivity contribution in [1.82, 2.24) is 4.90 Å². The highest BCUT2D eigenvalue weighted by Crippen LogP contribution is 2.25. The maximum absolute atomic E-state index is 12.0. The molecule has 0 aliphatic carbocycles. The Kier molecular flexibility index (Phi) is 6.91. The highest BCUT2D eigenvalue weighted by atomic mass is 32.2. The van der Waals surface area contributed by atoms with E-state index in [9.17, 15) is 14.4 Å². The number of hydrogen-bond acceptors (Lipinski definition) is 5. The van der Waals surface area contributed by atoms with Crippen molar-refractivity contribution < 1.29 is 14.4 Å². The number of carbonyl (C=O) groups excluding carboxylic acids is 3. The van der Waals surface area contributed by atoms with Crippen LogP contribution in [0, 0.1) is 5.41 Å². The second-order valence-electron chi connectivity index (χ2n) is 4.89. The van der Waals surface area contributed by atoms with E-state index in [2.05, 4.69) is 0 Å². The first kappa shape index (κ1) is 16.9. The summed E-state index contributed by atoms with van der Waals surface area (Å²) in [7, 11) is 0.